The third kappa shape index (κ3) is 3.33. The number of pyridine rings is 1. The van der Waals surface area contributed by atoms with Gasteiger partial charge in [-0.1, -0.05) is 54.6 Å². The minimum Gasteiger partial charge on any atom is -0.353 e. The van der Waals surface area contributed by atoms with Crippen molar-refractivity contribution in [2.24, 2.45) is 0 Å². The molecular formula is C21H21N3O. The molecule has 1 amide bonds. The van der Waals surface area contributed by atoms with Crippen LogP contribution in [0.15, 0.2) is 66.9 Å². The van der Waals surface area contributed by atoms with Crippen molar-refractivity contribution in [2.75, 3.05) is 31.1 Å². The maximum absolute atomic E-state index is 12.5. The number of carbonyl (C=O) groups excluding carboxylic acids is 1. The van der Waals surface area contributed by atoms with Gasteiger partial charge < -0.3 is 9.80 Å². The molecule has 0 spiro atoms. The molecule has 4 nitrogen and oxygen atoms in total. The van der Waals surface area contributed by atoms with Crippen LogP contribution in [-0.4, -0.2) is 42.0 Å². The molecule has 4 rings (SSSR count). The van der Waals surface area contributed by atoms with Crippen LogP contribution in [0.4, 0.5) is 5.82 Å². The number of carbonyl (C=O) groups is 1. The zero-order valence-corrected chi connectivity index (χ0v) is 14.1. The van der Waals surface area contributed by atoms with Gasteiger partial charge in [-0.05, 0) is 17.0 Å². The molecule has 0 bridgehead atoms. The molecule has 2 heterocycles. The summed E-state index contributed by atoms with van der Waals surface area (Å²) in [5.74, 6) is 1.23. The lowest BCUT2D eigenvalue weighted by molar-refractivity contribution is -0.130. The van der Waals surface area contributed by atoms with Crippen molar-refractivity contribution in [3.05, 3.63) is 72.4 Å². The molecule has 2 aromatic carbocycles. The van der Waals surface area contributed by atoms with Crippen LogP contribution in [0.25, 0.3) is 10.8 Å². The van der Waals surface area contributed by atoms with E-state index in [1.165, 1.54) is 10.8 Å². The number of fused-ring (bicyclic) bond motifs is 1. The highest BCUT2D eigenvalue weighted by atomic mass is 16.2. The lowest BCUT2D eigenvalue weighted by Gasteiger charge is -2.36. The zero-order chi connectivity index (χ0) is 17.1. The zero-order valence-electron chi connectivity index (χ0n) is 14.1. The Morgan fingerprint density at radius 2 is 1.60 bits per heavy atom. The Labute approximate surface area is 147 Å². The van der Waals surface area contributed by atoms with E-state index in [4.69, 9.17) is 0 Å². The van der Waals surface area contributed by atoms with Crippen molar-refractivity contribution in [3.63, 3.8) is 0 Å². The Kier molecular flexibility index (Phi) is 4.34. The first-order chi connectivity index (χ1) is 12.3. The van der Waals surface area contributed by atoms with Gasteiger partial charge in [0.25, 0.3) is 0 Å². The third-order valence-electron chi connectivity index (χ3n) is 4.78. The van der Waals surface area contributed by atoms with Gasteiger partial charge in [-0.25, -0.2) is 4.98 Å². The van der Waals surface area contributed by atoms with Crippen molar-refractivity contribution in [1.82, 2.24) is 9.88 Å². The van der Waals surface area contributed by atoms with Crippen LogP contribution >= 0.6 is 0 Å². The fraction of sp³-hybridized carbons (Fsp3) is 0.238. The number of amides is 1. The molecule has 1 aliphatic rings. The summed E-state index contributed by atoms with van der Waals surface area (Å²) in [5.41, 5.74) is 1.07. The average Bonchev–Trinajstić information content (AvgIpc) is 2.68. The maximum Gasteiger partial charge on any atom is 0.227 e. The topological polar surface area (TPSA) is 36.4 Å². The number of piperazine rings is 1. The molecule has 0 atom stereocenters. The van der Waals surface area contributed by atoms with E-state index in [0.717, 1.165) is 37.6 Å². The van der Waals surface area contributed by atoms with E-state index < -0.39 is 0 Å². The molecule has 0 saturated carbocycles. The molecule has 0 aliphatic carbocycles. The quantitative estimate of drug-likeness (QED) is 0.740. The van der Waals surface area contributed by atoms with E-state index in [2.05, 4.69) is 22.0 Å². The van der Waals surface area contributed by atoms with Gasteiger partial charge >= 0.3 is 0 Å². The van der Waals surface area contributed by atoms with Gasteiger partial charge in [-0.15, -0.1) is 0 Å². The second kappa shape index (κ2) is 6.93. The highest BCUT2D eigenvalue weighted by molar-refractivity contribution is 5.92. The molecular weight excluding hydrogens is 310 g/mol. The molecule has 1 fully saturated rings. The van der Waals surface area contributed by atoms with Crippen molar-refractivity contribution in [2.45, 2.75) is 6.42 Å². The predicted octanol–water partition coefficient (Wildman–Crippen LogP) is 3.13. The smallest absolute Gasteiger partial charge is 0.227 e. The van der Waals surface area contributed by atoms with Crippen LogP contribution in [0.2, 0.25) is 0 Å². The van der Waals surface area contributed by atoms with E-state index in [-0.39, 0.29) is 5.91 Å². The highest BCUT2D eigenvalue weighted by Crippen LogP contribution is 2.25. The van der Waals surface area contributed by atoms with Gasteiger partial charge in [0, 0.05) is 37.8 Å². The number of nitrogens with zero attached hydrogens (tertiary/aromatic N) is 3. The van der Waals surface area contributed by atoms with Gasteiger partial charge in [-0.2, -0.15) is 0 Å². The summed E-state index contributed by atoms with van der Waals surface area (Å²) in [6.07, 6.45) is 2.35. The summed E-state index contributed by atoms with van der Waals surface area (Å²) in [6, 6.07) is 20.3. The molecule has 3 aromatic rings. The average molecular weight is 331 g/mol. The van der Waals surface area contributed by atoms with Crippen molar-refractivity contribution in [1.29, 1.82) is 0 Å². The minimum atomic E-state index is 0.205. The standard InChI is InChI=1S/C21H21N3O/c25-20(16-17-6-2-1-3-7-17)23-12-14-24(15-13-23)21-19-9-5-4-8-18(19)10-11-22-21/h1-11H,12-16H2. The number of hydrogen-bond acceptors (Lipinski definition) is 3. The minimum absolute atomic E-state index is 0.205. The molecule has 25 heavy (non-hydrogen) atoms. The summed E-state index contributed by atoms with van der Waals surface area (Å²) in [5, 5.41) is 2.38. The number of aromatic nitrogens is 1. The molecule has 1 saturated heterocycles. The van der Waals surface area contributed by atoms with Crippen LogP contribution in [0.3, 0.4) is 0 Å². The van der Waals surface area contributed by atoms with E-state index >= 15 is 0 Å². The van der Waals surface area contributed by atoms with E-state index in [9.17, 15) is 4.79 Å². The molecule has 1 aliphatic heterocycles. The van der Waals surface area contributed by atoms with Crippen molar-refractivity contribution < 1.29 is 4.79 Å². The van der Waals surface area contributed by atoms with Gasteiger partial charge in [0.05, 0.1) is 6.42 Å². The van der Waals surface area contributed by atoms with Crippen LogP contribution in [-0.2, 0) is 11.2 Å². The van der Waals surface area contributed by atoms with Gasteiger partial charge in [0.15, 0.2) is 0 Å². The van der Waals surface area contributed by atoms with Crippen LogP contribution in [0, 0.1) is 0 Å². The molecule has 126 valence electrons. The third-order valence-corrected chi connectivity index (χ3v) is 4.78. The summed E-state index contributed by atoms with van der Waals surface area (Å²) < 4.78 is 0. The van der Waals surface area contributed by atoms with Crippen molar-refractivity contribution in [3.8, 4) is 0 Å². The number of rotatable bonds is 3. The summed E-state index contributed by atoms with van der Waals surface area (Å²) in [6.45, 7) is 3.14. The van der Waals surface area contributed by atoms with E-state index in [1.54, 1.807) is 0 Å². The Hall–Kier alpha value is -2.88. The summed E-state index contributed by atoms with van der Waals surface area (Å²) >= 11 is 0. The van der Waals surface area contributed by atoms with Crippen LogP contribution in [0.1, 0.15) is 5.56 Å². The van der Waals surface area contributed by atoms with Gasteiger partial charge in [0.2, 0.25) is 5.91 Å². The van der Waals surface area contributed by atoms with Crippen LogP contribution in [0.5, 0.6) is 0 Å². The maximum atomic E-state index is 12.5. The van der Waals surface area contributed by atoms with Crippen LogP contribution < -0.4 is 4.90 Å². The van der Waals surface area contributed by atoms with Gasteiger partial charge in [-0.3, -0.25) is 4.79 Å². The fourth-order valence-electron chi connectivity index (χ4n) is 3.41. The monoisotopic (exact) mass is 331 g/mol. The van der Waals surface area contributed by atoms with Gasteiger partial charge in [0.1, 0.15) is 5.82 Å². The second-order valence-electron chi connectivity index (χ2n) is 6.39. The van der Waals surface area contributed by atoms with E-state index in [0.29, 0.717) is 6.42 Å². The Balaban J connectivity index is 1.43. The summed E-state index contributed by atoms with van der Waals surface area (Å²) in [7, 11) is 0. The molecule has 0 N–H and O–H groups in total. The number of benzene rings is 2. The molecule has 0 radical (unpaired) electrons. The number of hydrogen-bond donors (Lipinski definition) is 0. The first-order valence-electron chi connectivity index (χ1n) is 8.72. The first-order valence-corrected chi connectivity index (χ1v) is 8.72. The SMILES string of the molecule is O=C(Cc1ccccc1)N1CCN(c2nccc3ccccc23)CC1. The predicted molar refractivity (Wildman–Crippen MR) is 101 cm³/mol. The van der Waals surface area contributed by atoms with Crippen molar-refractivity contribution >= 4 is 22.5 Å². The lowest BCUT2D eigenvalue weighted by atomic mass is 10.1. The molecule has 4 heteroatoms. The lowest BCUT2D eigenvalue weighted by Crippen LogP contribution is -2.49. The Morgan fingerprint density at radius 1 is 0.880 bits per heavy atom. The Morgan fingerprint density at radius 3 is 2.40 bits per heavy atom. The second-order valence-corrected chi connectivity index (χ2v) is 6.39. The normalized spacial score (nSPS) is 14.7. The summed E-state index contributed by atoms with van der Waals surface area (Å²) in [4.78, 5) is 21.4. The highest BCUT2D eigenvalue weighted by Gasteiger charge is 2.22. The molecule has 0 unspecified atom stereocenters. The largest absolute Gasteiger partial charge is 0.353 e. The first kappa shape index (κ1) is 15.6. The Bertz CT molecular complexity index is 865. The van der Waals surface area contributed by atoms with E-state index in [1.807, 2.05) is 59.6 Å². The molecule has 1 aromatic heterocycles. The number of anilines is 1. The fourth-order valence-corrected chi connectivity index (χ4v) is 3.41.